The molecule has 0 radical (unpaired) electrons. The number of carbonyl (C=O) groups excluding carboxylic acids is 2. The third kappa shape index (κ3) is 4.51. The fourth-order valence-corrected chi connectivity index (χ4v) is 4.22. The monoisotopic (exact) mass is 486 g/mol. The highest BCUT2D eigenvalue weighted by Gasteiger charge is 2.46. The number of ether oxygens (including phenoxy) is 1. The quantitative estimate of drug-likeness (QED) is 0.383. The lowest BCUT2D eigenvalue weighted by atomic mass is 9.95. The molecular formula is C23H23BrN2O5. The van der Waals surface area contributed by atoms with Crippen molar-refractivity contribution in [3.8, 4) is 5.75 Å². The second kappa shape index (κ2) is 9.21. The van der Waals surface area contributed by atoms with Gasteiger partial charge in [0.15, 0.2) is 0 Å². The number of hydrogen-bond donors (Lipinski definition) is 2. The predicted molar refractivity (Wildman–Crippen MR) is 119 cm³/mol. The van der Waals surface area contributed by atoms with Crippen molar-refractivity contribution in [1.82, 2.24) is 9.80 Å². The summed E-state index contributed by atoms with van der Waals surface area (Å²) in [6.45, 7) is 3.77. The molecule has 1 unspecified atom stereocenters. The van der Waals surface area contributed by atoms with Crippen LogP contribution in [0.1, 0.15) is 17.2 Å². The van der Waals surface area contributed by atoms with Crippen LogP contribution in [0.3, 0.4) is 0 Å². The average molecular weight is 487 g/mol. The fraction of sp³-hybridized carbons (Fsp3) is 0.304. The number of Topliss-reactive ketones (excluding diaryl/α,β-unsaturated/α-hetero) is 1. The third-order valence-electron chi connectivity index (χ3n) is 5.63. The van der Waals surface area contributed by atoms with Gasteiger partial charge in [-0.1, -0.05) is 40.2 Å². The van der Waals surface area contributed by atoms with Gasteiger partial charge in [0.2, 0.25) is 0 Å². The highest BCUT2D eigenvalue weighted by molar-refractivity contribution is 9.10. The normalized spacial score (nSPS) is 21.6. The molecule has 31 heavy (non-hydrogen) atoms. The molecule has 2 aliphatic rings. The number of morpholine rings is 1. The second-order valence-electron chi connectivity index (χ2n) is 7.54. The Morgan fingerprint density at radius 1 is 1.00 bits per heavy atom. The number of carbonyl (C=O) groups is 2. The van der Waals surface area contributed by atoms with Crippen LogP contribution < -0.4 is 0 Å². The van der Waals surface area contributed by atoms with Crippen molar-refractivity contribution in [2.45, 2.75) is 6.04 Å². The van der Waals surface area contributed by atoms with Crippen molar-refractivity contribution < 1.29 is 24.5 Å². The summed E-state index contributed by atoms with van der Waals surface area (Å²) in [5.41, 5.74) is 1.16. The first kappa shape index (κ1) is 21.5. The highest BCUT2D eigenvalue weighted by atomic mass is 79.9. The summed E-state index contributed by atoms with van der Waals surface area (Å²) in [5.74, 6) is -1.47. The molecule has 2 aromatic carbocycles. The minimum absolute atomic E-state index is 0.0555. The molecule has 1 atom stereocenters. The Bertz CT molecular complexity index is 998. The summed E-state index contributed by atoms with van der Waals surface area (Å²) in [4.78, 5) is 29.7. The van der Waals surface area contributed by atoms with Gasteiger partial charge in [-0.3, -0.25) is 14.5 Å². The predicted octanol–water partition coefficient (Wildman–Crippen LogP) is 2.91. The summed E-state index contributed by atoms with van der Waals surface area (Å²) < 4.78 is 6.21. The van der Waals surface area contributed by atoms with Crippen LogP contribution in [0, 0.1) is 0 Å². The molecule has 7 nitrogen and oxygen atoms in total. The summed E-state index contributed by atoms with van der Waals surface area (Å²) in [6, 6.07) is 12.5. The number of rotatable bonds is 5. The Morgan fingerprint density at radius 3 is 2.29 bits per heavy atom. The Balaban J connectivity index is 1.72. The van der Waals surface area contributed by atoms with E-state index in [0.29, 0.717) is 37.4 Å². The van der Waals surface area contributed by atoms with Crippen molar-refractivity contribution in [2.75, 3.05) is 39.4 Å². The molecule has 0 aliphatic carbocycles. The number of aliphatic hydroxyl groups is 1. The summed E-state index contributed by atoms with van der Waals surface area (Å²) in [6.07, 6.45) is 0. The van der Waals surface area contributed by atoms with Gasteiger partial charge in [-0.05, 0) is 29.8 Å². The molecule has 0 aromatic heterocycles. The average Bonchev–Trinajstić information content (AvgIpc) is 3.04. The van der Waals surface area contributed by atoms with E-state index >= 15 is 0 Å². The largest absolute Gasteiger partial charge is 0.508 e. The number of nitrogens with zero attached hydrogens (tertiary/aromatic N) is 2. The van der Waals surface area contributed by atoms with Crippen molar-refractivity contribution >= 4 is 33.4 Å². The minimum Gasteiger partial charge on any atom is -0.508 e. The number of aromatic hydroxyl groups is 1. The van der Waals surface area contributed by atoms with Crippen LogP contribution in [0.4, 0.5) is 0 Å². The number of likely N-dealkylation sites (tertiary alicyclic amines) is 1. The van der Waals surface area contributed by atoms with Crippen LogP contribution in [-0.2, 0) is 14.3 Å². The van der Waals surface area contributed by atoms with Crippen LogP contribution in [0.5, 0.6) is 5.75 Å². The van der Waals surface area contributed by atoms with E-state index in [1.165, 1.54) is 17.0 Å². The van der Waals surface area contributed by atoms with Gasteiger partial charge >= 0.3 is 0 Å². The molecule has 0 spiro atoms. The summed E-state index contributed by atoms with van der Waals surface area (Å²) >= 11 is 3.36. The van der Waals surface area contributed by atoms with Crippen LogP contribution in [0.25, 0.3) is 5.76 Å². The van der Waals surface area contributed by atoms with E-state index in [9.17, 15) is 19.8 Å². The van der Waals surface area contributed by atoms with Gasteiger partial charge in [0.1, 0.15) is 11.5 Å². The number of amides is 1. The Kier molecular flexibility index (Phi) is 6.41. The molecule has 2 saturated heterocycles. The van der Waals surface area contributed by atoms with Crippen molar-refractivity contribution in [3.05, 3.63) is 69.7 Å². The lowest BCUT2D eigenvalue weighted by molar-refractivity contribution is -0.140. The lowest BCUT2D eigenvalue weighted by Gasteiger charge is -2.31. The maximum Gasteiger partial charge on any atom is 0.295 e. The first-order chi connectivity index (χ1) is 15.0. The molecule has 4 rings (SSSR count). The third-order valence-corrected chi connectivity index (χ3v) is 6.16. The van der Waals surface area contributed by atoms with Gasteiger partial charge in [0.25, 0.3) is 11.7 Å². The minimum atomic E-state index is -0.731. The number of aliphatic hydroxyl groups excluding tert-OH is 1. The smallest absolute Gasteiger partial charge is 0.295 e. The second-order valence-corrected chi connectivity index (χ2v) is 8.46. The van der Waals surface area contributed by atoms with Crippen LogP contribution in [0.2, 0.25) is 0 Å². The van der Waals surface area contributed by atoms with Gasteiger partial charge in [-0.2, -0.15) is 0 Å². The van der Waals surface area contributed by atoms with Gasteiger partial charge < -0.3 is 19.8 Å². The molecule has 8 heteroatoms. The first-order valence-corrected chi connectivity index (χ1v) is 10.9. The maximum atomic E-state index is 13.0. The molecule has 1 amide bonds. The SMILES string of the molecule is O=C1C(=O)N(CCN2CCOCC2)C(c2ccc(O)cc2)C1=C(O)c1ccc(Br)cc1. The summed E-state index contributed by atoms with van der Waals surface area (Å²) in [5, 5.41) is 20.7. The van der Waals surface area contributed by atoms with E-state index in [2.05, 4.69) is 20.8 Å². The molecule has 2 fully saturated rings. The number of ketones is 1. The molecule has 2 N–H and O–H groups in total. The molecule has 0 saturated carbocycles. The molecular weight excluding hydrogens is 464 g/mol. The lowest BCUT2D eigenvalue weighted by Crippen LogP contribution is -2.42. The van der Waals surface area contributed by atoms with E-state index in [4.69, 9.17) is 4.74 Å². The molecule has 2 aliphatic heterocycles. The number of hydrogen-bond acceptors (Lipinski definition) is 6. The molecule has 0 bridgehead atoms. The van der Waals surface area contributed by atoms with Crippen LogP contribution >= 0.6 is 15.9 Å². The molecule has 162 valence electrons. The maximum absolute atomic E-state index is 13.0. The fourth-order valence-electron chi connectivity index (χ4n) is 3.95. The van der Waals surface area contributed by atoms with Crippen LogP contribution in [0.15, 0.2) is 58.6 Å². The molecule has 2 aromatic rings. The van der Waals surface area contributed by atoms with E-state index in [0.717, 1.165) is 17.6 Å². The van der Waals surface area contributed by atoms with Crippen molar-refractivity contribution in [3.63, 3.8) is 0 Å². The van der Waals surface area contributed by atoms with Crippen molar-refractivity contribution in [2.24, 2.45) is 0 Å². The Hall–Kier alpha value is -2.68. The zero-order chi connectivity index (χ0) is 22.0. The number of phenolic OH excluding ortho intramolecular Hbond substituents is 1. The zero-order valence-corrected chi connectivity index (χ0v) is 18.4. The molecule has 2 heterocycles. The first-order valence-electron chi connectivity index (χ1n) is 10.1. The van der Waals surface area contributed by atoms with Gasteiger partial charge in [0, 0.05) is 36.2 Å². The number of phenols is 1. The number of benzene rings is 2. The van der Waals surface area contributed by atoms with Crippen molar-refractivity contribution in [1.29, 1.82) is 0 Å². The Morgan fingerprint density at radius 2 is 1.65 bits per heavy atom. The highest BCUT2D eigenvalue weighted by Crippen LogP contribution is 2.39. The van der Waals surface area contributed by atoms with E-state index in [1.54, 1.807) is 36.4 Å². The van der Waals surface area contributed by atoms with E-state index in [-0.39, 0.29) is 17.1 Å². The van der Waals surface area contributed by atoms with E-state index in [1.807, 2.05) is 0 Å². The van der Waals surface area contributed by atoms with Gasteiger partial charge in [-0.25, -0.2) is 0 Å². The van der Waals surface area contributed by atoms with E-state index < -0.39 is 17.7 Å². The Labute approximate surface area is 188 Å². The number of halogens is 1. The standard InChI is InChI=1S/C23H23BrN2O5/c24-17-5-1-16(2-6-17)21(28)19-20(15-3-7-18(27)8-4-15)26(23(30)22(19)29)10-9-25-11-13-31-14-12-25/h1-8,20,27-28H,9-14H2. The summed E-state index contributed by atoms with van der Waals surface area (Å²) in [7, 11) is 0. The zero-order valence-electron chi connectivity index (χ0n) is 16.8. The van der Waals surface area contributed by atoms with Gasteiger partial charge in [-0.15, -0.1) is 0 Å². The van der Waals surface area contributed by atoms with Crippen LogP contribution in [-0.4, -0.2) is 71.1 Å². The topological polar surface area (TPSA) is 90.3 Å². The van der Waals surface area contributed by atoms with Gasteiger partial charge in [0.05, 0.1) is 24.8 Å².